The van der Waals surface area contributed by atoms with Gasteiger partial charge in [0, 0.05) is 24.2 Å². The number of hydrogen-bond acceptors (Lipinski definition) is 6. The summed E-state index contributed by atoms with van der Waals surface area (Å²) in [6.07, 6.45) is 3.39. The van der Waals surface area contributed by atoms with Gasteiger partial charge in [0.1, 0.15) is 10.6 Å². The van der Waals surface area contributed by atoms with E-state index < -0.39 is 5.60 Å². The van der Waals surface area contributed by atoms with Gasteiger partial charge in [-0.1, -0.05) is 6.92 Å². The molecule has 1 aliphatic heterocycles. The Labute approximate surface area is 154 Å². The van der Waals surface area contributed by atoms with Gasteiger partial charge in [-0.05, 0) is 40.5 Å². The molecule has 3 atom stereocenters. The molecule has 1 amide bonds. The van der Waals surface area contributed by atoms with Crippen molar-refractivity contribution in [2.75, 3.05) is 19.8 Å². The van der Waals surface area contributed by atoms with Gasteiger partial charge >= 0.3 is 6.09 Å². The molecule has 1 aromatic heterocycles. The predicted octanol–water partition coefficient (Wildman–Crippen LogP) is 3.60. The van der Waals surface area contributed by atoms with Gasteiger partial charge in [-0.2, -0.15) is 0 Å². The van der Waals surface area contributed by atoms with Gasteiger partial charge in [-0.25, -0.2) is 9.78 Å². The highest BCUT2D eigenvalue weighted by Crippen LogP contribution is 2.22. The predicted molar refractivity (Wildman–Crippen MR) is 99.9 cm³/mol. The number of ether oxygens (including phenoxy) is 2. The number of rotatable bonds is 6. The minimum absolute atomic E-state index is 0.0277. The van der Waals surface area contributed by atoms with Gasteiger partial charge in [0.25, 0.3) is 0 Å². The highest BCUT2D eigenvalue weighted by Gasteiger charge is 2.32. The first-order valence-corrected chi connectivity index (χ1v) is 9.91. The molecule has 0 saturated carbocycles. The highest BCUT2D eigenvalue weighted by atomic mass is 32.1. The van der Waals surface area contributed by atoms with Crippen molar-refractivity contribution < 1.29 is 14.3 Å². The van der Waals surface area contributed by atoms with Gasteiger partial charge in [0.15, 0.2) is 0 Å². The Morgan fingerprint density at radius 2 is 2.32 bits per heavy atom. The molecule has 1 fully saturated rings. The smallest absolute Gasteiger partial charge is 0.410 e. The van der Waals surface area contributed by atoms with Crippen LogP contribution >= 0.6 is 11.3 Å². The summed E-state index contributed by atoms with van der Waals surface area (Å²) >= 11 is 1.67. The van der Waals surface area contributed by atoms with E-state index in [1.54, 1.807) is 11.3 Å². The van der Waals surface area contributed by atoms with E-state index in [9.17, 15) is 4.79 Å². The third kappa shape index (κ3) is 6.24. The minimum Gasteiger partial charge on any atom is -0.444 e. The molecule has 1 N–H and O–H groups in total. The number of nitrogens with zero attached hydrogens (tertiary/aromatic N) is 2. The van der Waals surface area contributed by atoms with Crippen molar-refractivity contribution in [1.29, 1.82) is 0 Å². The Morgan fingerprint density at radius 1 is 1.56 bits per heavy atom. The van der Waals surface area contributed by atoms with Crippen molar-refractivity contribution in [2.45, 2.75) is 71.2 Å². The van der Waals surface area contributed by atoms with Crippen molar-refractivity contribution in [2.24, 2.45) is 0 Å². The van der Waals surface area contributed by atoms with Crippen molar-refractivity contribution in [3.63, 3.8) is 0 Å². The molecule has 142 valence electrons. The minimum atomic E-state index is -0.484. The fourth-order valence-corrected chi connectivity index (χ4v) is 3.78. The van der Waals surface area contributed by atoms with E-state index in [-0.39, 0.29) is 24.2 Å². The fourth-order valence-electron chi connectivity index (χ4n) is 3.00. The second-order valence-corrected chi connectivity index (χ2v) is 8.46. The number of carbonyl (C=O) groups is 1. The summed E-state index contributed by atoms with van der Waals surface area (Å²) in [4.78, 5) is 18.7. The Morgan fingerprint density at radius 3 is 2.92 bits per heavy atom. The molecule has 1 saturated heterocycles. The topological polar surface area (TPSA) is 63.7 Å². The van der Waals surface area contributed by atoms with E-state index in [4.69, 9.17) is 9.47 Å². The quantitative estimate of drug-likeness (QED) is 0.830. The summed E-state index contributed by atoms with van der Waals surface area (Å²) in [7, 11) is 0. The molecular formula is C18H31N3O3S. The van der Waals surface area contributed by atoms with Gasteiger partial charge in [-0.3, -0.25) is 0 Å². The molecule has 0 bridgehead atoms. The van der Waals surface area contributed by atoms with E-state index >= 15 is 0 Å². The molecule has 0 spiro atoms. The first-order valence-electron chi connectivity index (χ1n) is 9.03. The van der Waals surface area contributed by atoms with Crippen LogP contribution in [0.3, 0.4) is 0 Å². The molecule has 2 rings (SSSR count). The Kier molecular flexibility index (Phi) is 7.22. The average Bonchev–Trinajstić information content (AvgIpc) is 3.05. The molecule has 25 heavy (non-hydrogen) atoms. The Hall–Kier alpha value is -1.18. The number of amides is 1. The molecular weight excluding hydrogens is 338 g/mol. The first kappa shape index (κ1) is 20.1. The van der Waals surface area contributed by atoms with E-state index in [2.05, 4.69) is 24.1 Å². The van der Waals surface area contributed by atoms with Crippen LogP contribution < -0.4 is 5.32 Å². The summed E-state index contributed by atoms with van der Waals surface area (Å²) in [6, 6.07) is 0.514. The Bertz CT molecular complexity index is 530. The van der Waals surface area contributed by atoms with Gasteiger partial charge in [0.2, 0.25) is 0 Å². The zero-order chi connectivity index (χ0) is 18.4. The maximum Gasteiger partial charge on any atom is 0.410 e. The molecule has 0 radical (unpaired) electrons. The van der Waals surface area contributed by atoms with Gasteiger partial charge in [0.05, 0.1) is 25.3 Å². The van der Waals surface area contributed by atoms with Crippen LogP contribution in [-0.2, 0) is 9.47 Å². The largest absolute Gasteiger partial charge is 0.444 e. The van der Waals surface area contributed by atoms with E-state index in [0.29, 0.717) is 19.8 Å². The van der Waals surface area contributed by atoms with Crippen LogP contribution in [0.25, 0.3) is 0 Å². The normalized spacial score (nSPS) is 21.0. The maximum absolute atomic E-state index is 12.5. The highest BCUT2D eigenvalue weighted by molar-refractivity contribution is 7.09. The lowest BCUT2D eigenvalue weighted by Crippen LogP contribution is -2.52. The number of aromatic nitrogens is 1. The first-order chi connectivity index (χ1) is 11.8. The lowest BCUT2D eigenvalue weighted by molar-refractivity contribution is -0.0357. The van der Waals surface area contributed by atoms with E-state index in [1.807, 2.05) is 37.2 Å². The second-order valence-electron chi connectivity index (χ2n) is 7.54. The lowest BCUT2D eigenvalue weighted by atomic mass is 10.1. The maximum atomic E-state index is 12.5. The summed E-state index contributed by atoms with van der Waals surface area (Å²) in [5, 5.41) is 6.75. The van der Waals surface area contributed by atoms with Crippen LogP contribution in [0.1, 0.15) is 58.5 Å². The molecule has 7 heteroatoms. The monoisotopic (exact) mass is 369 g/mol. The third-order valence-electron chi connectivity index (χ3n) is 4.12. The van der Waals surface area contributed by atoms with Crippen molar-refractivity contribution in [1.82, 2.24) is 15.2 Å². The average molecular weight is 370 g/mol. The van der Waals surface area contributed by atoms with Gasteiger partial charge in [-0.15, -0.1) is 11.3 Å². The Balaban J connectivity index is 1.94. The molecule has 6 nitrogen and oxygen atoms in total. The van der Waals surface area contributed by atoms with Crippen molar-refractivity contribution in [3.05, 3.63) is 16.6 Å². The second kappa shape index (κ2) is 8.96. The SMILES string of the molecule is CCC(NC(C)CC1COCCN1C(=O)OC(C)(C)C)c1nccs1. The van der Waals surface area contributed by atoms with Crippen LogP contribution in [0.2, 0.25) is 0 Å². The number of carbonyl (C=O) groups excluding carboxylic acids is 1. The molecule has 3 unspecified atom stereocenters. The van der Waals surface area contributed by atoms with Gasteiger partial charge < -0.3 is 19.7 Å². The number of nitrogens with one attached hydrogen (secondary N) is 1. The molecule has 1 aliphatic rings. The van der Waals surface area contributed by atoms with Crippen molar-refractivity contribution >= 4 is 17.4 Å². The number of morpholine rings is 1. The van der Waals surface area contributed by atoms with Crippen LogP contribution in [0.4, 0.5) is 4.79 Å². The van der Waals surface area contributed by atoms with Crippen LogP contribution in [0, 0.1) is 0 Å². The molecule has 2 heterocycles. The van der Waals surface area contributed by atoms with E-state index in [0.717, 1.165) is 17.8 Å². The molecule has 1 aromatic rings. The van der Waals surface area contributed by atoms with Crippen molar-refractivity contribution in [3.8, 4) is 0 Å². The molecule has 0 aliphatic carbocycles. The summed E-state index contributed by atoms with van der Waals surface area (Å²) < 4.78 is 11.2. The van der Waals surface area contributed by atoms with E-state index in [1.165, 1.54) is 0 Å². The number of hydrogen-bond donors (Lipinski definition) is 1. The van der Waals surface area contributed by atoms with Crippen LogP contribution in [0.5, 0.6) is 0 Å². The fraction of sp³-hybridized carbons (Fsp3) is 0.778. The third-order valence-corrected chi connectivity index (χ3v) is 5.01. The standard InChI is InChI=1S/C18H31N3O3S/c1-6-15(16-19-7-10-25-16)20-13(2)11-14-12-23-9-8-21(14)17(22)24-18(3,4)5/h7,10,13-15,20H,6,8-9,11-12H2,1-5H3. The summed E-state index contributed by atoms with van der Waals surface area (Å²) in [5.74, 6) is 0. The van der Waals surface area contributed by atoms with Crippen LogP contribution in [0.15, 0.2) is 11.6 Å². The molecule has 0 aromatic carbocycles. The zero-order valence-corrected chi connectivity index (χ0v) is 16.8. The summed E-state index contributed by atoms with van der Waals surface area (Å²) in [5.41, 5.74) is -0.484. The van der Waals surface area contributed by atoms with Crippen LogP contribution in [-0.4, -0.2) is 53.4 Å². The zero-order valence-electron chi connectivity index (χ0n) is 15.9. The summed E-state index contributed by atoms with van der Waals surface area (Å²) in [6.45, 7) is 11.7. The number of thiazole rings is 1. The lowest BCUT2D eigenvalue weighted by Gasteiger charge is -2.38.